The summed E-state index contributed by atoms with van der Waals surface area (Å²) in [6.45, 7) is 6.54. The van der Waals surface area contributed by atoms with E-state index < -0.39 is 11.6 Å². The van der Waals surface area contributed by atoms with Gasteiger partial charge in [-0.1, -0.05) is 12.1 Å². The molecule has 0 spiro atoms. The van der Waals surface area contributed by atoms with E-state index in [-0.39, 0.29) is 6.03 Å². The lowest BCUT2D eigenvalue weighted by atomic mass is 9.83. The summed E-state index contributed by atoms with van der Waals surface area (Å²) >= 11 is 0. The summed E-state index contributed by atoms with van der Waals surface area (Å²) in [5.74, 6) is -0.314. The van der Waals surface area contributed by atoms with E-state index in [1.807, 2.05) is 11.8 Å². The summed E-state index contributed by atoms with van der Waals surface area (Å²) in [6, 6.07) is 4.43. The first-order valence-electron chi connectivity index (χ1n) is 9.26. The van der Waals surface area contributed by atoms with Crippen molar-refractivity contribution in [2.24, 2.45) is 11.8 Å². The van der Waals surface area contributed by atoms with E-state index in [4.69, 9.17) is 0 Å². The van der Waals surface area contributed by atoms with Crippen molar-refractivity contribution in [3.05, 3.63) is 35.4 Å². The van der Waals surface area contributed by atoms with Gasteiger partial charge >= 0.3 is 6.03 Å². The molecule has 0 unspecified atom stereocenters. The van der Waals surface area contributed by atoms with Crippen LogP contribution in [-0.4, -0.2) is 48.6 Å². The third-order valence-electron chi connectivity index (χ3n) is 5.56. The van der Waals surface area contributed by atoms with Crippen molar-refractivity contribution in [3.63, 3.8) is 0 Å². The molecule has 0 aromatic heterocycles. The maximum atomic E-state index is 13.8. The quantitative estimate of drug-likeness (QED) is 0.904. The van der Waals surface area contributed by atoms with Crippen LogP contribution in [0, 0.1) is 23.5 Å². The second kappa shape index (κ2) is 8.13. The van der Waals surface area contributed by atoms with Crippen molar-refractivity contribution in [3.8, 4) is 0 Å². The van der Waals surface area contributed by atoms with E-state index in [2.05, 4.69) is 10.2 Å². The van der Waals surface area contributed by atoms with Crippen LogP contribution in [-0.2, 0) is 6.54 Å². The summed E-state index contributed by atoms with van der Waals surface area (Å²) in [5, 5.41) is 2.87. The van der Waals surface area contributed by atoms with Crippen molar-refractivity contribution < 1.29 is 13.6 Å². The normalized spacial score (nSPS) is 22.4. The van der Waals surface area contributed by atoms with Crippen molar-refractivity contribution in [2.45, 2.75) is 32.7 Å². The van der Waals surface area contributed by atoms with Gasteiger partial charge in [-0.25, -0.2) is 13.6 Å². The molecular weight excluding hydrogens is 324 g/mol. The Labute approximate surface area is 148 Å². The van der Waals surface area contributed by atoms with Gasteiger partial charge in [-0.3, -0.25) is 4.90 Å². The number of nitrogens with zero attached hydrogens (tertiary/aromatic N) is 2. The molecule has 2 aliphatic rings. The highest BCUT2D eigenvalue weighted by atomic mass is 19.2. The minimum absolute atomic E-state index is 0.0454. The zero-order valence-corrected chi connectivity index (χ0v) is 14.8. The molecule has 2 heterocycles. The van der Waals surface area contributed by atoms with Gasteiger partial charge in [0, 0.05) is 31.7 Å². The van der Waals surface area contributed by atoms with E-state index in [0.29, 0.717) is 30.5 Å². The monoisotopic (exact) mass is 351 g/mol. The van der Waals surface area contributed by atoms with Crippen LogP contribution in [0.15, 0.2) is 18.2 Å². The molecule has 2 aliphatic heterocycles. The molecule has 6 heteroatoms. The molecule has 1 aromatic rings. The Bertz CT molecular complexity index is 602. The SMILES string of the molecule is CCNC(=O)N1CC[C@@H](C2CCN(Cc3cccc(F)c3F)CC2)C1. The average molecular weight is 351 g/mol. The first-order chi connectivity index (χ1) is 12.1. The Hall–Kier alpha value is -1.69. The van der Waals surface area contributed by atoms with Gasteiger partial charge in [0.2, 0.25) is 0 Å². The fourth-order valence-corrected chi connectivity index (χ4v) is 4.11. The number of carbonyl (C=O) groups is 1. The lowest BCUT2D eigenvalue weighted by molar-refractivity contribution is 0.140. The maximum Gasteiger partial charge on any atom is 0.317 e. The standard InChI is InChI=1S/C19H27F2N3O/c1-2-22-19(25)24-11-8-15(13-24)14-6-9-23(10-7-14)12-16-4-3-5-17(20)18(16)21/h3-5,14-15H,2,6-13H2,1H3,(H,22,25)/t15-/m1/s1. The zero-order valence-electron chi connectivity index (χ0n) is 14.8. The molecule has 1 aromatic carbocycles. The van der Waals surface area contributed by atoms with Crippen molar-refractivity contribution >= 4 is 6.03 Å². The van der Waals surface area contributed by atoms with Crippen LogP contribution in [0.3, 0.4) is 0 Å². The molecule has 138 valence electrons. The Morgan fingerprint density at radius 2 is 1.88 bits per heavy atom. The second-order valence-electron chi connectivity index (χ2n) is 7.16. The number of likely N-dealkylation sites (tertiary alicyclic amines) is 2. The van der Waals surface area contributed by atoms with Crippen LogP contribution in [0.5, 0.6) is 0 Å². The summed E-state index contributed by atoms with van der Waals surface area (Å²) in [4.78, 5) is 16.0. The van der Waals surface area contributed by atoms with Crippen LogP contribution < -0.4 is 5.32 Å². The fraction of sp³-hybridized carbons (Fsp3) is 0.632. The smallest absolute Gasteiger partial charge is 0.317 e. The predicted octanol–water partition coefficient (Wildman–Crippen LogP) is 3.23. The van der Waals surface area contributed by atoms with E-state index in [0.717, 1.165) is 51.5 Å². The van der Waals surface area contributed by atoms with Gasteiger partial charge < -0.3 is 10.2 Å². The lowest BCUT2D eigenvalue weighted by Gasteiger charge is -2.35. The molecule has 2 saturated heterocycles. The topological polar surface area (TPSA) is 35.6 Å². The minimum Gasteiger partial charge on any atom is -0.338 e. The van der Waals surface area contributed by atoms with Gasteiger partial charge in [0.25, 0.3) is 0 Å². The zero-order chi connectivity index (χ0) is 17.8. The number of rotatable bonds is 4. The number of carbonyl (C=O) groups excluding carboxylic acids is 1. The number of urea groups is 1. The minimum atomic E-state index is -0.774. The molecule has 0 saturated carbocycles. The Kier molecular flexibility index (Phi) is 5.89. The number of halogens is 2. The lowest BCUT2D eigenvalue weighted by Crippen LogP contribution is -2.40. The summed E-state index contributed by atoms with van der Waals surface area (Å²) in [7, 11) is 0. The number of nitrogens with one attached hydrogen (secondary N) is 1. The number of piperidine rings is 1. The molecule has 0 aliphatic carbocycles. The molecule has 2 fully saturated rings. The van der Waals surface area contributed by atoms with Gasteiger partial charge in [0.15, 0.2) is 11.6 Å². The van der Waals surface area contributed by atoms with Crippen molar-refractivity contribution in [2.75, 3.05) is 32.7 Å². The maximum absolute atomic E-state index is 13.8. The van der Waals surface area contributed by atoms with Crippen LogP contribution in [0.4, 0.5) is 13.6 Å². The first kappa shape index (κ1) is 18.1. The molecule has 0 bridgehead atoms. The molecule has 1 atom stereocenters. The van der Waals surface area contributed by atoms with Crippen LogP contribution >= 0.6 is 0 Å². The average Bonchev–Trinajstić information content (AvgIpc) is 3.10. The Morgan fingerprint density at radius 1 is 1.16 bits per heavy atom. The van der Waals surface area contributed by atoms with Crippen LogP contribution in [0.1, 0.15) is 31.7 Å². The van der Waals surface area contributed by atoms with E-state index in [9.17, 15) is 13.6 Å². The van der Waals surface area contributed by atoms with Crippen molar-refractivity contribution in [1.82, 2.24) is 15.1 Å². The molecule has 0 radical (unpaired) electrons. The Morgan fingerprint density at radius 3 is 2.60 bits per heavy atom. The highest BCUT2D eigenvalue weighted by Crippen LogP contribution is 2.32. The number of hydrogen-bond donors (Lipinski definition) is 1. The third-order valence-corrected chi connectivity index (χ3v) is 5.56. The van der Waals surface area contributed by atoms with E-state index >= 15 is 0 Å². The van der Waals surface area contributed by atoms with Gasteiger partial charge in [-0.2, -0.15) is 0 Å². The highest BCUT2D eigenvalue weighted by Gasteiger charge is 2.33. The van der Waals surface area contributed by atoms with Gasteiger partial charge in [-0.05, 0) is 57.2 Å². The van der Waals surface area contributed by atoms with Crippen LogP contribution in [0.2, 0.25) is 0 Å². The summed E-state index contributed by atoms with van der Waals surface area (Å²) in [5.41, 5.74) is 0.432. The number of benzene rings is 1. The highest BCUT2D eigenvalue weighted by molar-refractivity contribution is 5.74. The van der Waals surface area contributed by atoms with Crippen molar-refractivity contribution in [1.29, 1.82) is 0 Å². The third kappa shape index (κ3) is 4.29. The van der Waals surface area contributed by atoms with Crippen LogP contribution in [0.25, 0.3) is 0 Å². The second-order valence-corrected chi connectivity index (χ2v) is 7.16. The number of hydrogen-bond acceptors (Lipinski definition) is 2. The summed E-state index contributed by atoms with van der Waals surface area (Å²) in [6.07, 6.45) is 3.19. The molecule has 4 nitrogen and oxygen atoms in total. The van der Waals surface area contributed by atoms with E-state index in [1.54, 1.807) is 12.1 Å². The summed E-state index contributed by atoms with van der Waals surface area (Å²) < 4.78 is 27.1. The molecule has 2 amide bonds. The first-order valence-corrected chi connectivity index (χ1v) is 9.26. The molecule has 1 N–H and O–H groups in total. The van der Waals surface area contributed by atoms with E-state index in [1.165, 1.54) is 0 Å². The van der Waals surface area contributed by atoms with Gasteiger partial charge in [0.1, 0.15) is 0 Å². The van der Waals surface area contributed by atoms with Gasteiger partial charge in [0.05, 0.1) is 0 Å². The van der Waals surface area contributed by atoms with Gasteiger partial charge in [-0.15, -0.1) is 0 Å². The fourth-order valence-electron chi connectivity index (χ4n) is 4.11. The molecular formula is C19H27F2N3O. The predicted molar refractivity (Wildman–Crippen MR) is 93.1 cm³/mol. The number of amides is 2. The Balaban J connectivity index is 1.48. The molecule has 25 heavy (non-hydrogen) atoms. The molecule has 3 rings (SSSR count). The largest absolute Gasteiger partial charge is 0.338 e.